The Morgan fingerprint density at radius 2 is 1.64 bits per heavy atom. The number of nitrogens with one attached hydrogen (secondary N) is 1. The van der Waals surface area contributed by atoms with Gasteiger partial charge in [0.05, 0.1) is 5.69 Å². The van der Waals surface area contributed by atoms with Crippen LogP contribution in [0, 0.1) is 0 Å². The minimum absolute atomic E-state index is 0.158. The number of carboxylic acid groups (broad SMARTS) is 1. The molecular weight excluding hydrogens is 284 g/mol. The van der Waals surface area contributed by atoms with Crippen molar-refractivity contribution in [2.75, 3.05) is 0 Å². The number of ether oxygens (including phenoxy) is 1. The summed E-state index contributed by atoms with van der Waals surface area (Å²) < 4.78 is 6.81. The van der Waals surface area contributed by atoms with Crippen molar-refractivity contribution in [3.05, 3.63) is 76.7 Å². The smallest absolute Gasteiger partial charge is 0.353 e. The molecule has 0 aliphatic rings. The van der Waals surface area contributed by atoms with Crippen LogP contribution in [0.4, 0.5) is 0 Å². The number of aromatic nitrogens is 2. The maximum Gasteiger partial charge on any atom is 0.353 e. The summed E-state index contributed by atoms with van der Waals surface area (Å²) in [5.74, 6) is 0.147. The summed E-state index contributed by atoms with van der Waals surface area (Å²) >= 11 is 0. The van der Waals surface area contributed by atoms with E-state index in [4.69, 9.17) is 9.84 Å². The highest BCUT2D eigenvalue weighted by Gasteiger charge is 2.10. The Labute approximate surface area is 125 Å². The standard InChI is InChI=1S/C16H12N2O4/c19-15-10-14(16(20)21)17-18(15)11-6-8-13(9-7-11)22-12-4-2-1-3-5-12/h1-10,17H,(H,20,21). The van der Waals surface area contributed by atoms with Gasteiger partial charge in [-0.05, 0) is 36.4 Å². The second-order valence-corrected chi connectivity index (χ2v) is 4.56. The molecule has 1 heterocycles. The van der Waals surface area contributed by atoms with E-state index in [-0.39, 0.29) is 5.69 Å². The Morgan fingerprint density at radius 1 is 1.00 bits per heavy atom. The molecule has 0 aliphatic carbocycles. The third kappa shape index (κ3) is 2.76. The molecule has 0 radical (unpaired) electrons. The second kappa shape index (κ2) is 5.61. The fraction of sp³-hybridized carbons (Fsp3) is 0. The Kier molecular flexibility index (Phi) is 3.49. The molecule has 0 saturated heterocycles. The summed E-state index contributed by atoms with van der Waals surface area (Å²) in [6.07, 6.45) is 0. The van der Waals surface area contributed by atoms with Crippen LogP contribution in [-0.2, 0) is 0 Å². The number of rotatable bonds is 4. The van der Waals surface area contributed by atoms with Crippen LogP contribution in [0.1, 0.15) is 10.5 Å². The molecule has 1 aromatic heterocycles. The Balaban J connectivity index is 1.85. The fourth-order valence-corrected chi connectivity index (χ4v) is 1.99. The van der Waals surface area contributed by atoms with Gasteiger partial charge < -0.3 is 9.84 Å². The summed E-state index contributed by atoms with van der Waals surface area (Å²) in [5, 5.41) is 11.4. The van der Waals surface area contributed by atoms with Gasteiger partial charge >= 0.3 is 5.97 Å². The van der Waals surface area contributed by atoms with E-state index in [1.807, 2.05) is 30.3 Å². The second-order valence-electron chi connectivity index (χ2n) is 4.56. The minimum atomic E-state index is -1.18. The molecular formula is C16H12N2O4. The van der Waals surface area contributed by atoms with Crippen LogP contribution in [0.25, 0.3) is 5.69 Å². The highest BCUT2D eigenvalue weighted by molar-refractivity contribution is 5.85. The highest BCUT2D eigenvalue weighted by atomic mass is 16.5. The van der Waals surface area contributed by atoms with E-state index in [2.05, 4.69) is 5.10 Å². The molecule has 0 saturated carbocycles. The summed E-state index contributed by atoms with van der Waals surface area (Å²) in [6, 6.07) is 17.1. The number of carboxylic acids is 1. The van der Waals surface area contributed by atoms with E-state index >= 15 is 0 Å². The van der Waals surface area contributed by atoms with Gasteiger partial charge in [-0.15, -0.1) is 0 Å². The number of aromatic amines is 1. The molecule has 0 fully saturated rings. The molecule has 0 atom stereocenters. The first-order valence-corrected chi connectivity index (χ1v) is 6.52. The topological polar surface area (TPSA) is 84.3 Å². The van der Waals surface area contributed by atoms with Crippen molar-refractivity contribution >= 4 is 5.97 Å². The molecule has 6 heteroatoms. The quantitative estimate of drug-likeness (QED) is 0.775. The average molecular weight is 296 g/mol. The van der Waals surface area contributed by atoms with E-state index in [1.54, 1.807) is 24.3 Å². The molecule has 22 heavy (non-hydrogen) atoms. The molecule has 110 valence electrons. The predicted octanol–water partition coefficient (Wildman–Crippen LogP) is 2.66. The lowest BCUT2D eigenvalue weighted by Crippen LogP contribution is -2.13. The summed E-state index contributed by atoms with van der Waals surface area (Å²) in [6.45, 7) is 0. The van der Waals surface area contributed by atoms with Crippen molar-refractivity contribution in [1.29, 1.82) is 0 Å². The Morgan fingerprint density at radius 3 is 2.23 bits per heavy atom. The number of aromatic carboxylic acids is 1. The van der Waals surface area contributed by atoms with Gasteiger partial charge in [0.1, 0.15) is 17.2 Å². The Bertz CT molecular complexity index is 848. The van der Waals surface area contributed by atoms with Gasteiger partial charge in [-0.2, -0.15) is 0 Å². The molecule has 0 unspecified atom stereocenters. The summed E-state index contributed by atoms with van der Waals surface area (Å²) in [4.78, 5) is 22.6. The largest absolute Gasteiger partial charge is 0.477 e. The van der Waals surface area contributed by atoms with Crippen molar-refractivity contribution < 1.29 is 14.6 Å². The van der Waals surface area contributed by atoms with Crippen molar-refractivity contribution in [2.45, 2.75) is 0 Å². The average Bonchev–Trinajstić information content (AvgIpc) is 2.91. The number of hydrogen-bond donors (Lipinski definition) is 2. The zero-order valence-corrected chi connectivity index (χ0v) is 11.4. The fourth-order valence-electron chi connectivity index (χ4n) is 1.99. The van der Waals surface area contributed by atoms with Crippen molar-refractivity contribution in [3.8, 4) is 17.2 Å². The molecule has 0 spiro atoms. The van der Waals surface area contributed by atoms with Gasteiger partial charge in [-0.1, -0.05) is 18.2 Å². The SMILES string of the molecule is O=C(O)c1cc(=O)n(-c2ccc(Oc3ccccc3)cc2)[nH]1. The molecule has 0 bridgehead atoms. The van der Waals surface area contributed by atoms with Crippen molar-refractivity contribution in [3.63, 3.8) is 0 Å². The molecule has 6 nitrogen and oxygen atoms in total. The lowest BCUT2D eigenvalue weighted by atomic mass is 10.3. The molecule has 0 aliphatic heterocycles. The predicted molar refractivity (Wildman–Crippen MR) is 79.9 cm³/mol. The van der Waals surface area contributed by atoms with Crippen LogP contribution in [-0.4, -0.2) is 20.9 Å². The lowest BCUT2D eigenvalue weighted by molar-refractivity contribution is 0.0690. The number of para-hydroxylation sites is 1. The first-order chi connectivity index (χ1) is 10.6. The van der Waals surface area contributed by atoms with Gasteiger partial charge in [0.15, 0.2) is 0 Å². The minimum Gasteiger partial charge on any atom is -0.477 e. The summed E-state index contributed by atoms with van der Waals surface area (Å²) in [5.41, 5.74) is -0.0679. The van der Waals surface area contributed by atoms with Crippen LogP contribution >= 0.6 is 0 Å². The van der Waals surface area contributed by atoms with Gasteiger partial charge in [-0.3, -0.25) is 9.89 Å². The third-order valence-electron chi connectivity index (χ3n) is 3.02. The van der Waals surface area contributed by atoms with Gasteiger partial charge in [0.2, 0.25) is 0 Å². The molecule has 3 rings (SSSR count). The maximum absolute atomic E-state index is 11.8. The van der Waals surface area contributed by atoms with Crippen molar-refractivity contribution in [1.82, 2.24) is 9.78 Å². The monoisotopic (exact) mass is 296 g/mol. The number of H-pyrrole nitrogens is 1. The van der Waals surface area contributed by atoms with Gasteiger partial charge in [0, 0.05) is 6.07 Å². The van der Waals surface area contributed by atoms with Gasteiger partial charge in [0.25, 0.3) is 5.56 Å². The third-order valence-corrected chi connectivity index (χ3v) is 3.02. The zero-order chi connectivity index (χ0) is 15.5. The van der Waals surface area contributed by atoms with Crippen LogP contribution in [0.2, 0.25) is 0 Å². The van der Waals surface area contributed by atoms with Gasteiger partial charge in [-0.25, -0.2) is 9.48 Å². The zero-order valence-electron chi connectivity index (χ0n) is 11.4. The summed E-state index contributed by atoms with van der Waals surface area (Å²) in [7, 11) is 0. The van der Waals surface area contributed by atoms with E-state index in [0.717, 1.165) is 10.7 Å². The molecule has 2 aromatic carbocycles. The number of nitrogens with zero attached hydrogens (tertiary/aromatic N) is 1. The first kappa shape index (κ1) is 13.7. The first-order valence-electron chi connectivity index (χ1n) is 6.52. The van der Waals surface area contributed by atoms with E-state index < -0.39 is 11.5 Å². The van der Waals surface area contributed by atoms with E-state index in [0.29, 0.717) is 17.2 Å². The lowest BCUT2D eigenvalue weighted by Gasteiger charge is -2.07. The highest BCUT2D eigenvalue weighted by Crippen LogP contribution is 2.21. The normalized spacial score (nSPS) is 10.4. The van der Waals surface area contributed by atoms with Crippen LogP contribution < -0.4 is 10.3 Å². The van der Waals surface area contributed by atoms with Crippen LogP contribution in [0.3, 0.4) is 0 Å². The van der Waals surface area contributed by atoms with E-state index in [1.165, 1.54) is 0 Å². The number of carbonyl (C=O) groups is 1. The number of hydrogen-bond acceptors (Lipinski definition) is 3. The maximum atomic E-state index is 11.8. The van der Waals surface area contributed by atoms with Crippen LogP contribution in [0.15, 0.2) is 65.5 Å². The molecule has 2 N–H and O–H groups in total. The van der Waals surface area contributed by atoms with Crippen LogP contribution in [0.5, 0.6) is 11.5 Å². The Hall–Kier alpha value is -3.28. The number of benzene rings is 2. The molecule has 0 amide bonds. The van der Waals surface area contributed by atoms with Crippen molar-refractivity contribution in [2.24, 2.45) is 0 Å². The molecule has 3 aromatic rings. The van der Waals surface area contributed by atoms with E-state index in [9.17, 15) is 9.59 Å².